The maximum atomic E-state index is 10.5. The second-order valence-corrected chi connectivity index (χ2v) is 3.72. The minimum atomic E-state index is -1.05. The van der Waals surface area contributed by atoms with Gasteiger partial charge < -0.3 is 20.8 Å². The van der Waals surface area contributed by atoms with Crippen molar-refractivity contribution in [3.63, 3.8) is 0 Å². The van der Waals surface area contributed by atoms with Crippen LogP contribution in [0.5, 0.6) is 0 Å². The van der Waals surface area contributed by atoms with E-state index < -0.39 is 12.1 Å². The van der Waals surface area contributed by atoms with Crippen molar-refractivity contribution in [1.82, 2.24) is 10.6 Å². The molecule has 0 bridgehead atoms. The van der Waals surface area contributed by atoms with Gasteiger partial charge in [0.25, 0.3) is 0 Å². The summed E-state index contributed by atoms with van der Waals surface area (Å²) < 4.78 is 0. The Labute approximate surface area is 87.7 Å². The van der Waals surface area contributed by atoms with Crippen LogP contribution >= 0.6 is 0 Å². The van der Waals surface area contributed by atoms with Crippen molar-refractivity contribution in [2.45, 2.75) is 37.8 Å². The Morgan fingerprint density at radius 3 is 2.27 bits per heavy atom. The fraction of sp³-hybridized carbons (Fsp3) is 0.778. The topological polar surface area (TPSA) is 98.7 Å². The molecule has 0 spiro atoms. The molecule has 1 aliphatic rings. The standard InChI is InChI=1S/C9H16N2O4/c12-8(13)5-10-6-3-1-2-4-7(6)11-9(14)15/h6-7,10-11H,1-5H2,(H,12,13)(H,14,15). The third kappa shape index (κ3) is 4.16. The van der Waals surface area contributed by atoms with Crippen molar-refractivity contribution >= 4 is 12.1 Å². The summed E-state index contributed by atoms with van der Waals surface area (Å²) >= 11 is 0. The van der Waals surface area contributed by atoms with Crippen LogP contribution in [-0.4, -0.2) is 40.9 Å². The Hall–Kier alpha value is -1.30. The Morgan fingerprint density at radius 2 is 1.73 bits per heavy atom. The van der Waals surface area contributed by atoms with Crippen molar-refractivity contribution in [2.24, 2.45) is 0 Å². The molecule has 4 N–H and O–H groups in total. The SMILES string of the molecule is O=C(O)CNC1CCCCC1NC(=O)O. The van der Waals surface area contributed by atoms with Gasteiger partial charge in [0.2, 0.25) is 0 Å². The van der Waals surface area contributed by atoms with Gasteiger partial charge in [-0.2, -0.15) is 0 Å². The number of nitrogens with one attached hydrogen (secondary N) is 2. The van der Waals surface area contributed by atoms with Gasteiger partial charge in [-0.25, -0.2) is 4.79 Å². The van der Waals surface area contributed by atoms with E-state index >= 15 is 0 Å². The Morgan fingerprint density at radius 1 is 1.13 bits per heavy atom. The second kappa shape index (κ2) is 5.55. The van der Waals surface area contributed by atoms with Crippen molar-refractivity contribution < 1.29 is 19.8 Å². The zero-order valence-corrected chi connectivity index (χ0v) is 8.40. The molecule has 0 heterocycles. The first-order valence-corrected chi connectivity index (χ1v) is 5.04. The van der Waals surface area contributed by atoms with Crippen LogP contribution in [0.2, 0.25) is 0 Å². The summed E-state index contributed by atoms with van der Waals surface area (Å²) in [6, 6.07) is -0.235. The van der Waals surface area contributed by atoms with E-state index in [0.717, 1.165) is 25.7 Å². The molecule has 1 amide bonds. The highest BCUT2D eigenvalue weighted by Crippen LogP contribution is 2.18. The average Bonchev–Trinajstić information content (AvgIpc) is 2.15. The second-order valence-electron chi connectivity index (χ2n) is 3.72. The summed E-state index contributed by atoms with van der Waals surface area (Å²) in [5.41, 5.74) is 0. The van der Waals surface area contributed by atoms with Gasteiger partial charge in [-0.1, -0.05) is 12.8 Å². The first-order chi connectivity index (χ1) is 7.09. The number of hydrogen-bond donors (Lipinski definition) is 4. The van der Waals surface area contributed by atoms with Crippen molar-refractivity contribution in [3.05, 3.63) is 0 Å². The predicted molar refractivity (Wildman–Crippen MR) is 52.8 cm³/mol. The summed E-state index contributed by atoms with van der Waals surface area (Å²) in [6.07, 6.45) is 2.52. The number of carboxylic acids is 1. The van der Waals surface area contributed by atoms with Crippen molar-refractivity contribution in [3.8, 4) is 0 Å². The summed E-state index contributed by atoms with van der Waals surface area (Å²) in [5, 5.41) is 22.4. The van der Waals surface area contributed by atoms with Gasteiger partial charge in [-0.3, -0.25) is 4.79 Å². The molecular formula is C9H16N2O4. The molecule has 0 radical (unpaired) electrons. The molecule has 1 saturated carbocycles. The van der Waals surface area contributed by atoms with Gasteiger partial charge in [0.05, 0.1) is 6.54 Å². The third-order valence-electron chi connectivity index (χ3n) is 2.59. The molecule has 1 fully saturated rings. The van der Waals surface area contributed by atoms with Gasteiger partial charge in [-0.05, 0) is 12.8 Å². The smallest absolute Gasteiger partial charge is 0.404 e. The number of aliphatic carboxylic acids is 1. The molecular weight excluding hydrogens is 200 g/mol. The van der Waals surface area contributed by atoms with Crippen LogP contribution in [0.4, 0.5) is 4.79 Å². The van der Waals surface area contributed by atoms with Gasteiger partial charge in [0.1, 0.15) is 0 Å². The highest BCUT2D eigenvalue weighted by Gasteiger charge is 2.26. The summed E-state index contributed by atoms with van der Waals surface area (Å²) in [4.78, 5) is 20.9. The van der Waals surface area contributed by atoms with E-state index in [1.165, 1.54) is 0 Å². The highest BCUT2D eigenvalue weighted by atomic mass is 16.4. The first-order valence-electron chi connectivity index (χ1n) is 5.04. The molecule has 2 unspecified atom stereocenters. The number of carboxylic acid groups (broad SMARTS) is 2. The summed E-state index contributed by atoms with van der Waals surface area (Å²) in [7, 11) is 0. The van der Waals surface area contributed by atoms with E-state index in [-0.39, 0.29) is 18.6 Å². The molecule has 0 saturated heterocycles. The van der Waals surface area contributed by atoms with Crippen LogP contribution in [0.25, 0.3) is 0 Å². The van der Waals surface area contributed by atoms with Gasteiger partial charge in [0.15, 0.2) is 0 Å². The van der Waals surface area contributed by atoms with E-state index in [0.29, 0.717) is 0 Å². The van der Waals surface area contributed by atoms with E-state index in [9.17, 15) is 9.59 Å². The Balaban J connectivity index is 2.42. The summed E-state index contributed by atoms with van der Waals surface area (Å²) in [6.45, 7) is -0.123. The predicted octanol–water partition coefficient (Wildman–Crippen LogP) is 0.239. The van der Waals surface area contributed by atoms with Crippen molar-refractivity contribution in [1.29, 1.82) is 0 Å². The normalized spacial score (nSPS) is 25.9. The van der Waals surface area contributed by atoms with E-state index in [4.69, 9.17) is 10.2 Å². The van der Waals surface area contributed by atoms with E-state index in [2.05, 4.69) is 10.6 Å². The number of amides is 1. The molecule has 2 atom stereocenters. The molecule has 0 aromatic carbocycles. The zero-order chi connectivity index (χ0) is 11.3. The van der Waals surface area contributed by atoms with Crippen LogP contribution in [0.15, 0.2) is 0 Å². The summed E-state index contributed by atoms with van der Waals surface area (Å²) in [5.74, 6) is -0.922. The quantitative estimate of drug-likeness (QED) is 0.539. The Bertz CT molecular complexity index is 244. The minimum Gasteiger partial charge on any atom is -0.480 e. The molecule has 1 aliphatic carbocycles. The maximum Gasteiger partial charge on any atom is 0.404 e. The minimum absolute atomic E-state index is 0.0639. The molecule has 0 aromatic heterocycles. The van der Waals surface area contributed by atoms with Crippen LogP contribution in [0, 0.1) is 0 Å². The van der Waals surface area contributed by atoms with Crippen molar-refractivity contribution in [2.75, 3.05) is 6.54 Å². The van der Waals surface area contributed by atoms with E-state index in [1.54, 1.807) is 0 Å². The molecule has 15 heavy (non-hydrogen) atoms. The fourth-order valence-electron chi connectivity index (χ4n) is 1.92. The van der Waals surface area contributed by atoms with Gasteiger partial charge in [-0.15, -0.1) is 0 Å². The lowest BCUT2D eigenvalue weighted by Crippen LogP contribution is -2.52. The average molecular weight is 216 g/mol. The van der Waals surface area contributed by atoms with E-state index in [1.807, 2.05) is 0 Å². The lowest BCUT2D eigenvalue weighted by Gasteiger charge is -2.31. The molecule has 1 rings (SSSR count). The highest BCUT2D eigenvalue weighted by molar-refractivity contribution is 5.69. The molecule has 0 aliphatic heterocycles. The van der Waals surface area contributed by atoms with Crippen LogP contribution in [0.1, 0.15) is 25.7 Å². The molecule has 6 heteroatoms. The van der Waals surface area contributed by atoms with Crippen LogP contribution in [0.3, 0.4) is 0 Å². The fourth-order valence-corrected chi connectivity index (χ4v) is 1.92. The van der Waals surface area contributed by atoms with Gasteiger partial charge in [0, 0.05) is 12.1 Å². The van der Waals surface area contributed by atoms with Crippen LogP contribution < -0.4 is 10.6 Å². The third-order valence-corrected chi connectivity index (χ3v) is 2.59. The molecule has 6 nitrogen and oxygen atoms in total. The number of carbonyl (C=O) groups is 2. The number of hydrogen-bond acceptors (Lipinski definition) is 3. The maximum absolute atomic E-state index is 10.5. The largest absolute Gasteiger partial charge is 0.480 e. The molecule has 0 aromatic rings. The first kappa shape index (κ1) is 11.8. The zero-order valence-electron chi connectivity index (χ0n) is 8.40. The van der Waals surface area contributed by atoms with Gasteiger partial charge >= 0.3 is 12.1 Å². The number of rotatable bonds is 4. The lowest BCUT2D eigenvalue weighted by molar-refractivity contribution is -0.136. The Kier molecular flexibility index (Phi) is 4.36. The monoisotopic (exact) mass is 216 g/mol. The van der Waals surface area contributed by atoms with Crippen LogP contribution in [-0.2, 0) is 4.79 Å². The lowest BCUT2D eigenvalue weighted by atomic mass is 9.90. The molecule has 86 valence electrons.